The number of nitrogens with one attached hydrogen (secondary N) is 1. The van der Waals surface area contributed by atoms with Crippen LogP contribution in [0.5, 0.6) is 5.75 Å². The molecule has 0 aliphatic carbocycles. The Kier molecular flexibility index (Phi) is 9.68. The number of likely N-dealkylation sites (N-methyl/N-ethyl adjacent to an activating group) is 1. The summed E-state index contributed by atoms with van der Waals surface area (Å²) in [6.07, 6.45) is 1.69. The van der Waals surface area contributed by atoms with Crippen LogP contribution in [-0.4, -0.2) is 43.8 Å². The van der Waals surface area contributed by atoms with E-state index in [-0.39, 0.29) is 17.9 Å². The minimum Gasteiger partial charge on any atom is -0.494 e. The van der Waals surface area contributed by atoms with Gasteiger partial charge >= 0.3 is 6.09 Å². The van der Waals surface area contributed by atoms with Crippen LogP contribution in [0.3, 0.4) is 0 Å². The monoisotopic (exact) mass is 344 g/mol. The Bertz CT molecular complexity index is 461. The van der Waals surface area contributed by atoms with Crippen LogP contribution in [-0.2, 0) is 4.74 Å². The molecule has 0 aromatic heterocycles. The molecule has 5 nitrogen and oxygen atoms in total. The van der Waals surface area contributed by atoms with E-state index in [1.165, 1.54) is 0 Å². The number of amides is 1. The summed E-state index contributed by atoms with van der Waals surface area (Å²) in [4.78, 5) is 13.8. The number of hydrogen-bond donors (Lipinski definition) is 1. The fourth-order valence-corrected chi connectivity index (χ4v) is 1.49. The molecule has 0 aliphatic heterocycles. The van der Waals surface area contributed by atoms with Crippen molar-refractivity contribution in [2.24, 2.45) is 0 Å². The highest BCUT2D eigenvalue weighted by molar-refractivity contribution is 5.85. The third kappa shape index (κ3) is 8.09. The first-order valence-electron chi connectivity index (χ1n) is 7.69. The Morgan fingerprint density at radius 1 is 1.22 bits per heavy atom. The molecule has 1 rings (SSSR count). The summed E-state index contributed by atoms with van der Waals surface area (Å²) in [5, 5.41) is 2.71. The summed E-state index contributed by atoms with van der Waals surface area (Å²) in [7, 11) is 3.91. The average Bonchev–Trinajstić information content (AvgIpc) is 2.47. The number of hydrogen-bond acceptors (Lipinski definition) is 4. The minimum atomic E-state index is -0.449. The van der Waals surface area contributed by atoms with Crippen LogP contribution in [0, 0.1) is 0 Å². The summed E-state index contributed by atoms with van der Waals surface area (Å²) in [5.41, 5.74) is 0.490. The first-order valence-corrected chi connectivity index (χ1v) is 7.69. The van der Waals surface area contributed by atoms with E-state index >= 15 is 0 Å². The first kappa shape index (κ1) is 21.5. The summed E-state index contributed by atoms with van der Waals surface area (Å²) in [6.45, 7) is 7.19. The van der Waals surface area contributed by atoms with Gasteiger partial charge < -0.3 is 14.4 Å². The van der Waals surface area contributed by atoms with Crippen molar-refractivity contribution in [3.63, 3.8) is 0 Å². The lowest BCUT2D eigenvalue weighted by Crippen LogP contribution is -2.43. The molecule has 0 saturated carbocycles. The largest absolute Gasteiger partial charge is 0.494 e. The molecule has 1 aromatic carbocycles. The van der Waals surface area contributed by atoms with E-state index in [1.807, 2.05) is 45.0 Å². The Morgan fingerprint density at radius 2 is 1.83 bits per heavy atom. The third-order valence-electron chi connectivity index (χ3n) is 3.63. The number of halogens is 1. The van der Waals surface area contributed by atoms with Crippen molar-refractivity contribution in [3.05, 3.63) is 24.3 Å². The molecule has 0 atom stereocenters. The third-order valence-corrected chi connectivity index (χ3v) is 3.63. The molecule has 132 valence electrons. The number of rotatable bonds is 8. The molecule has 1 amide bonds. The van der Waals surface area contributed by atoms with E-state index < -0.39 is 6.09 Å². The smallest absolute Gasteiger partial charge is 0.411 e. The van der Waals surface area contributed by atoms with Gasteiger partial charge in [-0.25, -0.2) is 4.79 Å². The van der Waals surface area contributed by atoms with Crippen molar-refractivity contribution in [2.75, 3.05) is 32.6 Å². The maximum Gasteiger partial charge on any atom is 0.411 e. The number of carbonyl (C=O) groups is 1. The summed E-state index contributed by atoms with van der Waals surface area (Å²) >= 11 is 0. The van der Waals surface area contributed by atoms with Gasteiger partial charge in [-0.15, -0.1) is 12.4 Å². The zero-order chi connectivity index (χ0) is 16.6. The van der Waals surface area contributed by atoms with Crippen LogP contribution in [0.2, 0.25) is 0 Å². The highest BCUT2D eigenvalue weighted by Crippen LogP contribution is 2.17. The molecule has 0 heterocycles. The molecule has 23 heavy (non-hydrogen) atoms. The maximum atomic E-state index is 11.8. The summed E-state index contributed by atoms with van der Waals surface area (Å²) < 4.78 is 10.8. The van der Waals surface area contributed by atoms with Gasteiger partial charge in [-0.05, 0) is 58.6 Å². The van der Waals surface area contributed by atoms with E-state index in [2.05, 4.69) is 12.2 Å². The number of benzene rings is 1. The van der Waals surface area contributed by atoms with Crippen molar-refractivity contribution in [3.8, 4) is 5.75 Å². The molecular formula is C17H29ClN2O3. The van der Waals surface area contributed by atoms with E-state index in [9.17, 15) is 4.79 Å². The minimum absolute atomic E-state index is 0. The second kappa shape index (κ2) is 10.3. The van der Waals surface area contributed by atoms with Crippen LogP contribution in [0.15, 0.2) is 24.3 Å². The molecule has 1 aromatic rings. The SMILES string of the molecule is CCCCOc1ccc(NC(=O)OCC(C)(C)N(C)C)cc1.Cl. The molecule has 6 heteroatoms. The second-order valence-electron chi connectivity index (χ2n) is 6.13. The van der Waals surface area contributed by atoms with Gasteiger partial charge in [0.1, 0.15) is 12.4 Å². The van der Waals surface area contributed by atoms with Gasteiger partial charge in [-0.3, -0.25) is 5.32 Å². The van der Waals surface area contributed by atoms with Gasteiger partial charge in [0.05, 0.1) is 6.61 Å². The molecule has 0 saturated heterocycles. The molecule has 0 unspecified atom stereocenters. The topological polar surface area (TPSA) is 50.8 Å². The average molecular weight is 345 g/mol. The summed E-state index contributed by atoms with van der Waals surface area (Å²) in [6, 6.07) is 7.29. The predicted molar refractivity (Wildman–Crippen MR) is 96.8 cm³/mol. The van der Waals surface area contributed by atoms with Crippen LogP contribution in [0.25, 0.3) is 0 Å². The van der Waals surface area contributed by atoms with Crippen LogP contribution >= 0.6 is 12.4 Å². The van der Waals surface area contributed by atoms with E-state index in [0.29, 0.717) is 18.9 Å². The predicted octanol–water partition coefficient (Wildman–Crippen LogP) is 4.18. The highest BCUT2D eigenvalue weighted by atomic mass is 35.5. The molecule has 0 fully saturated rings. The Hall–Kier alpha value is -1.46. The van der Waals surface area contributed by atoms with Gasteiger partial charge in [0.2, 0.25) is 0 Å². The summed E-state index contributed by atoms with van der Waals surface area (Å²) in [5.74, 6) is 0.807. The zero-order valence-corrected chi connectivity index (χ0v) is 15.5. The lowest BCUT2D eigenvalue weighted by atomic mass is 10.1. The quantitative estimate of drug-likeness (QED) is 0.719. The zero-order valence-electron chi connectivity index (χ0n) is 14.7. The van der Waals surface area contributed by atoms with Gasteiger partial charge in [-0.1, -0.05) is 13.3 Å². The molecule has 0 bridgehead atoms. The van der Waals surface area contributed by atoms with Crippen molar-refractivity contribution < 1.29 is 14.3 Å². The first-order chi connectivity index (χ1) is 10.3. The second-order valence-corrected chi connectivity index (χ2v) is 6.13. The number of carbonyl (C=O) groups excluding carboxylic acids is 1. The molecular weight excluding hydrogens is 316 g/mol. The lowest BCUT2D eigenvalue weighted by molar-refractivity contribution is 0.0775. The molecule has 0 radical (unpaired) electrons. The number of anilines is 1. The Labute approximate surface area is 145 Å². The van der Waals surface area contributed by atoms with Crippen LogP contribution in [0.4, 0.5) is 10.5 Å². The van der Waals surface area contributed by atoms with Crippen LogP contribution in [0.1, 0.15) is 33.6 Å². The van der Waals surface area contributed by atoms with E-state index in [4.69, 9.17) is 9.47 Å². The van der Waals surface area contributed by atoms with Gasteiger partial charge in [0, 0.05) is 11.2 Å². The molecule has 1 N–H and O–H groups in total. The fourth-order valence-electron chi connectivity index (χ4n) is 1.49. The van der Waals surface area contributed by atoms with Crippen molar-refractivity contribution in [2.45, 2.75) is 39.2 Å². The maximum absolute atomic E-state index is 11.8. The highest BCUT2D eigenvalue weighted by Gasteiger charge is 2.22. The molecule has 0 spiro atoms. The number of unbranched alkanes of at least 4 members (excludes halogenated alkanes) is 1. The Morgan fingerprint density at radius 3 is 2.35 bits per heavy atom. The number of nitrogens with zero attached hydrogens (tertiary/aromatic N) is 1. The fraction of sp³-hybridized carbons (Fsp3) is 0.588. The van der Waals surface area contributed by atoms with Gasteiger partial charge in [-0.2, -0.15) is 0 Å². The lowest BCUT2D eigenvalue weighted by Gasteiger charge is -2.31. The number of ether oxygens (including phenoxy) is 2. The van der Waals surface area contributed by atoms with E-state index in [1.54, 1.807) is 12.1 Å². The molecule has 0 aliphatic rings. The van der Waals surface area contributed by atoms with Crippen molar-refractivity contribution in [1.29, 1.82) is 0 Å². The van der Waals surface area contributed by atoms with Crippen molar-refractivity contribution in [1.82, 2.24) is 4.90 Å². The van der Waals surface area contributed by atoms with Gasteiger partial charge in [0.15, 0.2) is 0 Å². The standard InChI is InChI=1S/C17H28N2O3.ClH/c1-6-7-12-21-15-10-8-14(9-11-15)18-16(20)22-13-17(2,3)19(4)5;/h8-11H,6-7,12-13H2,1-5H3,(H,18,20);1H. The van der Waals surface area contributed by atoms with Gasteiger partial charge in [0.25, 0.3) is 0 Å². The van der Waals surface area contributed by atoms with Crippen molar-refractivity contribution >= 4 is 24.2 Å². The normalized spacial score (nSPS) is 10.9. The van der Waals surface area contributed by atoms with E-state index in [0.717, 1.165) is 18.6 Å². The Balaban J connectivity index is 0.00000484. The van der Waals surface area contributed by atoms with Crippen LogP contribution < -0.4 is 10.1 Å².